The maximum Gasteiger partial charge on any atom is 0.302 e. The topological polar surface area (TPSA) is 112 Å². The molecular formula is C30H44N4O6. The monoisotopic (exact) mass is 556 g/mol. The predicted molar refractivity (Wildman–Crippen MR) is 154 cm³/mol. The minimum atomic E-state index is -0.315. The summed E-state index contributed by atoms with van der Waals surface area (Å²) in [5, 5.41) is 7.56. The van der Waals surface area contributed by atoms with Crippen molar-refractivity contribution in [2.45, 2.75) is 84.0 Å². The molecule has 40 heavy (non-hydrogen) atoms. The van der Waals surface area contributed by atoms with Crippen molar-refractivity contribution in [1.82, 2.24) is 9.78 Å². The van der Waals surface area contributed by atoms with Crippen LogP contribution in [0.4, 0.5) is 11.5 Å². The number of ether oxygens (including phenoxy) is 3. The molecule has 1 N–H and O–H groups in total. The number of amides is 1. The van der Waals surface area contributed by atoms with Crippen LogP contribution < -0.4 is 10.2 Å². The smallest absolute Gasteiger partial charge is 0.302 e. The number of carbonyl (C=O) groups is 3. The van der Waals surface area contributed by atoms with E-state index in [1.165, 1.54) is 13.8 Å². The Hall–Kier alpha value is -3.24. The minimum Gasteiger partial charge on any atom is -0.464 e. The number of rotatable bonds is 13. The van der Waals surface area contributed by atoms with Crippen LogP contribution in [-0.2, 0) is 34.1 Å². The van der Waals surface area contributed by atoms with Crippen LogP contribution in [0.25, 0.3) is 0 Å². The zero-order chi connectivity index (χ0) is 29.6. The molecule has 1 aromatic carbocycles. The molecule has 1 heterocycles. The maximum absolute atomic E-state index is 12.0. The molecule has 1 aliphatic carbocycles. The van der Waals surface area contributed by atoms with Gasteiger partial charge in [0.1, 0.15) is 12.4 Å². The van der Waals surface area contributed by atoms with E-state index in [1.807, 2.05) is 23.0 Å². The molecule has 0 aliphatic heterocycles. The molecule has 1 aliphatic rings. The number of nitrogens with one attached hydrogen (secondary N) is 1. The van der Waals surface area contributed by atoms with Crippen molar-refractivity contribution in [3.8, 4) is 0 Å². The van der Waals surface area contributed by atoms with Gasteiger partial charge in [-0.1, -0.05) is 12.1 Å². The van der Waals surface area contributed by atoms with Gasteiger partial charge in [-0.2, -0.15) is 5.10 Å². The van der Waals surface area contributed by atoms with Crippen LogP contribution in [0.5, 0.6) is 0 Å². The van der Waals surface area contributed by atoms with Crippen molar-refractivity contribution >= 4 is 29.2 Å². The minimum absolute atomic E-state index is 0.0237. The molecule has 1 aromatic heterocycles. The third-order valence-electron chi connectivity index (χ3n) is 7.31. The molecule has 3 rings (SSSR count). The molecule has 220 valence electrons. The van der Waals surface area contributed by atoms with Gasteiger partial charge in [-0.15, -0.1) is 0 Å². The van der Waals surface area contributed by atoms with E-state index in [2.05, 4.69) is 48.2 Å². The molecule has 0 bridgehead atoms. The van der Waals surface area contributed by atoms with Crippen molar-refractivity contribution in [1.29, 1.82) is 0 Å². The summed E-state index contributed by atoms with van der Waals surface area (Å²) in [4.78, 5) is 36.8. The number of aromatic nitrogens is 2. The summed E-state index contributed by atoms with van der Waals surface area (Å²) in [7, 11) is 3.39. The Balaban J connectivity index is 1.85. The number of Topliss-reactive ketones (excluding diaryl/α,β-unsaturated/α-hetero) is 1. The Morgan fingerprint density at radius 3 is 2.10 bits per heavy atom. The molecule has 1 saturated carbocycles. The highest BCUT2D eigenvalue weighted by Gasteiger charge is 2.54. The Kier molecular flexibility index (Phi) is 10.5. The predicted octanol–water partition coefficient (Wildman–Crippen LogP) is 4.25. The highest BCUT2D eigenvalue weighted by molar-refractivity contribution is 5.88. The summed E-state index contributed by atoms with van der Waals surface area (Å²) < 4.78 is 19.1. The second-order valence-corrected chi connectivity index (χ2v) is 11.4. The van der Waals surface area contributed by atoms with Crippen LogP contribution in [0, 0.1) is 0 Å². The molecule has 1 amide bonds. The van der Waals surface area contributed by atoms with Gasteiger partial charge in [0.15, 0.2) is 5.82 Å². The lowest BCUT2D eigenvalue weighted by Crippen LogP contribution is -2.53. The number of anilines is 2. The Labute approximate surface area is 237 Å². The van der Waals surface area contributed by atoms with Crippen molar-refractivity contribution in [3.05, 3.63) is 41.6 Å². The first kappa shape index (κ1) is 31.3. The molecule has 1 fully saturated rings. The number of carbonyl (C=O) groups excluding carboxylic acids is 3. The number of ketones is 1. The fraction of sp³-hybridized carbons (Fsp3) is 0.600. The van der Waals surface area contributed by atoms with Gasteiger partial charge in [0.05, 0.1) is 24.3 Å². The van der Waals surface area contributed by atoms with Gasteiger partial charge >= 0.3 is 5.97 Å². The van der Waals surface area contributed by atoms with Gasteiger partial charge in [0.2, 0.25) is 5.91 Å². The average Bonchev–Trinajstić information content (AvgIpc) is 3.26. The van der Waals surface area contributed by atoms with Crippen LogP contribution in [-0.4, -0.2) is 73.6 Å². The lowest BCUT2D eigenvalue weighted by molar-refractivity contribution is -0.140. The summed E-state index contributed by atoms with van der Waals surface area (Å²) in [6, 6.07) is 8.24. The van der Waals surface area contributed by atoms with Crippen LogP contribution in [0.3, 0.4) is 0 Å². The fourth-order valence-electron chi connectivity index (χ4n) is 5.33. The van der Waals surface area contributed by atoms with Crippen molar-refractivity contribution in [3.63, 3.8) is 0 Å². The van der Waals surface area contributed by atoms with E-state index in [1.54, 1.807) is 21.1 Å². The fourth-order valence-corrected chi connectivity index (χ4v) is 5.33. The molecule has 0 saturated heterocycles. The van der Waals surface area contributed by atoms with Gasteiger partial charge < -0.3 is 29.2 Å². The van der Waals surface area contributed by atoms with E-state index >= 15 is 0 Å². The standard InChI is InChI=1S/C30H44N4O6/c1-19(35)10-9-15-33(16-17-40-21(3)37)23-13-11-22(12-14-23)25-27(38-7)26(28(25)39-8)24-18-34(30(4,5)6)32-29(24)31-20(2)36/h11-14,18,25-28H,9-10,15-17H2,1-8H3,(H,31,32,36). The number of nitrogens with zero attached hydrogens (tertiary/aromatic N) is 3. The molecular weight excluding hydrogens is 512 g/mol. The Morgan fingerprint density at radius 2 is 1.60 bits per heavy atom. The zero-order valence-corrected chi connectivity index (χ0v) is 25.0. The summed E-state index contributed by atoms with van der Waals surface area (Å²) in [5.74, 6) is 0.0368. The summed E-state index contributed by atoms with van der Waals surface area (Å²) in [6.45, 7) is 12.1. The van der Waals surface area contributed by atoms with Crippen LogP contribution in [0.2, 0.25) is 0 Å². The van der Waals surface area contributed by atoms with Gasteiger partial charge in [-0.25, -0.2) is 0 Å². The largest absolute Gasteiger partial charge is 0.464 e. The summed E-state index contributed by atoms with van der Waals surface area (Å²) >= 11 is 0. The van der Waals surface area contributed by atoms with Gasteiger partial charge in [-0.05, 0) is 51.8 Å². The molecule has 2 unspecified atom stereocenters. The quantitative estimate of drug-likeness (QED) is 0.365. The second kappa shape index (κ2) is 13.4. The SMILES string of the molecule is COC1C(c2ccc(N(CCCC(C)=O)CCOC(C)=O)cc2)C(OC)C1c1cn(C(C)(C)C)nc1NC(C)=O. The van der Waals surface area contributed by atoms with Crippen LogP contribution >= 0.6 is 0 Å². The third kappa shape index (κ3) is 7.48. The number of esters is 1. The Morgan fingerprint density at radius 1 is 0.975 bits per heavy atom. The number of hydrogen-bond donors (Lipinski definition) is 1. The van der Waals surface area contributed by atoms with E-state index in [0.29, 0.717) is 25.3 Å². The first-order valence-corrected chi connectivity index (χ1v) is 13.8. The van der Waals surface area contributed by atoms with E-state index in [0.717, 1.165) is 23.2 Å². The summed E-state index contributed by atoms with van der Waals surface area (Å²) in [5.41, 5.74) is 2.68. The van der Waals surface area contributed by atoms with Gasteiger partial charge in [0.25, 0.3) is 0 Å². The molecule has 0 spiro atoms. The van der Waals surface area contributed by atoms with Gasteiger partial charge in [-0.3, -0.25) is 14.3 Å². The Bertz CT molecular complexity index is 1140. The maximum atomic E-state index is 12.0. The average molecular weight is 557 g/mol. The van der Waals surface area contributed by atoms with E-state index in [-0.39, 0.29) is 53.8 Å². The zero-order valence-electron chi connectivity index (χ0n) is 25.0. The van der Waals surface area contributed by atoms with Crippen LogP contribution in [0.1, 0.15) is 77.3 Å². The molecule has 10 heteroatoms. The lowest BCUT2D eigenvalue weighted by Gasteiger charge is -2.50. The molecule has 10 nitrogen and oxygen atoms in total. The first-order valence-electron chi connectivity index (χ1n) is 13.8. The highest BCUT2D eigenvalue weighted by Crippen LogP contribution is 2.52. The second-order valence-electron chi connectivity index (χ2n) is 11.4. The highest BCUT2D eigenvalue weighted by atomic mass is 16.5. The number of methoxy groups -OCH3 is 2. The molecule has 2 aromatic rings. The van der Waals surface area contributed by atoms with E-state index in [4.69, 9.17) is 14.2 Å². The van der Waals surface area contributed by atoms with Crippen molar-refractivity contribution in [2.75, 3.05) is 44.1 Å². The van der Waals surface area contributed by atoms with Gasteiger partial charge in [0, 0.05) is 70.3 Å². The normalized spacial score (nSPS) is 20.5. The summed E-state index contributed by atoms with van der Waals surface area (Å²) in [6.07, 6.45) is 2.84. The van der Waals surface area contributed by atoms with Crippen molar-refractivity contribution < 1.29 is 28.6 Å². The number of benzene rings is 1. The third-order valence-corrected chi connectivity index (χ3v) is 7.31. The van der Waals surface area contributed by atoms with Crippen LogP contribution in [0.15, 0.2) is 30.5 Å². The first-order chi connectivity index (χ1) is 18.9. The van der Waals surface area contributed by atoms with E-state index in [9.17, 15) is 14.4 Å². The van der Waals surface area contributed by atoms with Crippen molar-refractivity contribution in [2.24, 2.45) is 0 Å². The lowest BCUT2D eigenvalue weighted by atomic mass is 9.63. The number of hydrogen-bond acceptors (Lipinski definition) is 8. The molecule has 0 radical (unpaired) electrons. The van der Waals surface area contributed by atoms with E-state index < -0.39 is 0 Å². The molecule has 2 atom stereocenters.